The Kier molecular flexibility index (Phi) is 2.70. The first kappa shape index (κ1) is 8.33. The van der Waals surface area contributed by atoms with Gasteiger partial charge in [0.05, 0.1) is 12.2 Å². The molecular formula is C7H7BrO3. The second-order valence-corrected chi connectivity index (χ2v) is 2.64. The van der Waals surface area contributed by atoms with Crippen LogP contribution in [-0.2, 0) is 4.74 Å². The molecule has 1 heterocycles. The van der Waals surface area contributed by atoms with Crippen molar-refractivity contribution in [1.82, 2.24) is 0 Å². The van der Waals surface area contributed by atoms with Crippen molar-refractivity contribution < 1.29 is 13.9 Å². The zero-order valence-corrected chi connectivity index (χ0v) is 7.55. The Labute approximate surface area is 72.5 Å². The molecule has 1 aromatic rings. The first-order valence-corrected chi connectivity index (χ1v) is 3.94. The summed E-state index contributed by atoms with van der Waals surface area (Å²) in [4.78, 5) is 11.0. The maximum absolute atomic E-state index is 11.0. The van der Waals surface area contributed by atoms with Gasteiger partial charge in [0.25, 0.3) is 0 Å². The maximum Gasteiger partial charge on any atom is 0.341 e. The molecular weight excluding hydrogens is 212 g/mol. The van der Waals surface area contributed by atoms with Crippen molar-refractivity contribution in [2.75, 3.05) is 6.61 Å². The van der Waals surface area contributed by atoms with Gasteiger partial charge in [0.1, 0.15) is 6.26 Å². The van der Waals surface area contributed by atoms with Crippen molar-refractivity contribution in [3.05, 3.63) is 22.6 Å². The third kappa shape index (κ3) is 2.08. The fraction of sp³-hybridized carbons (Fsp3) is 0.286. The molecule has 0 N–H and O–H groups in total. The van der Waals surface area contributed by atoms with E-state index in [2.05, 4.69) is 15.9 Å². The summed E-state index contributed by atoms with van der Waals surface area (Å²) in [6.45, 7) is 2.13. The normalized spacial score (nSPS) is 9.64. The van der Waals surface area contributed by atoms with Gasteiger partial charge >= 0.3 is 5.97 Å². The molecule has 0 aliphatic rings. The van der Waals surface area contributed by atoms with E-state index in [0.717, 1.165) is 0 Å². The first-order chi connectivity index (χ1) is 5.24. The summed E-state index contributed by atoms with van der Waals surface area (Å²) in [5, 5.41) is 0. The number of hydrogen-bond donors (Lipinski definition) is 0. The average molecular weight is 219 g/mol. The minimum absolute atomic E-state index is 0.359. The minimum atomic E-state index is -0.359. The Morgan fingerprint density at radius 1 is 1.82 bits per heavy atom. The van der Waals surface area contributed by atoms with Crippen LogP contribution in [0.15, 0.2) is 21.4 Å². The summed E-state index contributed by atoms with van der Waals surface area (Å²) in [6.07, 6.45) is 1.35. The number of carbonyl (C=O) groups is 1. The minimum Gasteiger partial charge on any atom is -0.462 e. The van der Waals surface area contributed by atoms with Crippen molar-refractivity contribution in [3.63, 3.8) is 0 Å². The Bertz CT molecular complexity index is 254. The van der Waals surface area contributed by atoms with Crippen LogP contribution < -0.4 is 0 Å². The highest BCUT2D eigenvalue weighted by Gasteiger charge is 2.08. The number of esters is 1. The number of ether oxygens (including phenoxy) is 1. The SMILES string of the molecule is CCOC(=O)c1coc(Br)c1. The van der Waals surface area contributed by atoms with Crippen LogP contribution in [0.4, 0.5) is 0 Å². The van der Waals surface area contributed by atoms with Crippen molar-refractivity contribution in [3.8, 4) is 0 Å². The Morgan fingerprint density at radius 2 is 2.55 bits per heavy atom. The molecule has 0 atom stereocenters. The van der Waals surface area contributed by atoms with Gasteiger partial charge in [0.2, 0.25) is 0 Å². The van der Waals surface area contributed by atoms with Crippen LogP contribution in [0, 0.1) is 0 Å². The zero-order valence-electron chi connectivity index (χ0n) is 5.96. The third-order valence-electron chi connectivity index (χ3n) is 1.08. The van der Waals surface area contributed by atoms with Crippen LogP contribution in [0.25, 0.3) is 0 Å². The van der Waals surface area contributed by atoms with E-state index < -0.39 is 0 Å². The van der Waals surface area contributed by atoms with E-state index in [-0.39, 0.29) is 5.97 Å². The van der Waals surface area contributed by atoms with Crippen LogP contribution in [0.1, 0.15) is 17.3 Å². The molecule has 0 saturated carbocycles. The van der Waals surface area contributed by atoms with E-state index in [0.29, 0.717) is 16.8 Å². The molecule has 1 aromatic heterocycles. The number of halogens is 1. The molecule has 0 saturated heterocycles. The molecule has 60 valence electrons. The van der Waals surface area contributed by atoms with E-state index in [1.54, 1.807) is 13.0 Å². The summed E-state index contributed by atoms with van der Waals surface area (Å²) < 4.78 is 10.1. The maximum atomic E-state index is 11.0. The van der Waals surface area contributed by atoms with Gasteiger partial charge in [-0.1, -0.05) is 0 Å². The van der Waals surface area contributed by atoms with Gasteiger partial charge in [0, 0.05) is 6.07 Å². The van der Waals surface area contributed by atoms with Gasteiger partial charge in [-0.15, -0.1) is 0 Å². The van der Waals surface area contributed by atoms with Crippen LogP contribution in [0.2, 0.25) is 0 Å². The van der Waals surface area contributed by atoms with Gasteiger partial charge in [0.15, 0.2) is 4.67 Å². The quantitative estimate of drug-likeness (QED) is 0.716. The lowest BCUT2D eigenvalue weighted by molar-refractivity contribution is 0.0525. The smallest absolute Gasteiger partial charge is 0.341 e. The van der Waals surface area contributed by atoms with Crippen LogP contribution in [0.3, 0.4) is 0 Å². The molecule has 0 spiro atoms. The van der Waals surface area contributed by atoms with Gasteiger partial charge < -0.3 is 9.15 Å². The molecule has 0 bridgehead atoms. The highest BCUT2D eigenvalue weighted by atomic mass is 79.9. The van der Waals surface area contributed by atoms with E-state index >= 15 is 0 Å². The predicted molar refractivity (Wildman–Crippen MR) is 42.4 cm³/mol. The van der Waals surface area contributed by atoms with Crippen LogP contribution >= 0.6 is 15.9 Å². The second-order valence-electron chi connectivity index (χ2n) is 1.86. The van der Waals surface area contributed by atoms with Crippen molar-refractivity contribution in [1.29, 1.82) is 0 Å². The molecule has 0 fully saturated rings. The molecule has 0 aliphatic heterocycles. The van der Waals surface area contributed by atoms with Crippen LogP contribution in [0.5, 0.6) is 0 Å². The number of carbonyl (C=O) groups excluding carboxylic acids is 1. The Morgan fingerprint density at radius 3 is 3.00 bits per heavy atom. The lowest BCUT2D eigenvalue weighted by Crippen LogP contribution is -2.02. The molecule has 0 aromatic carbocycles. The van der Waals surface area contributed by atoms with Crippen molar-refractivity contribution in [2.45, 2.75) is 6.92 Å². The summed E-state index contributed by atoms with van der Waals surface area (Å²) in [5.41, 5.74) is 0.429. The van der Waals surface area contributed by atoms with Crippen molar-refractivity contribution in [2.24, 2.45) is 0 Å². The second kappa shape index (κ2) is 3.57. The van der Waals surface area contributed by atoms with Gasteiger partial charge in [-0.25, -0.2) is 4.79 Å². The fourth-order valence-electron chi connectivity index (χ4n) is 0.632. The van der Waals surface area contributed by atoms with E-state index in [4.69, 9.17) is 9.15 Å². The molecule has 0 radical (unpaired) electrons. The Balaban J connectivity index is 2.69. The van der Waals surface area contributed by atoms with Crippen molar-refractivity contribution >= 4 is 21.9 Å². The molecule has 0 aliphatic carbocycles. The van der Waals surface area contributed by atoms with E-state index in [1.165, 1.54) is 6.26 Å². The largest absolute Gasteiger partial charge is 0.462 e. The van der Waals surface area contributed by atoms with Gasteiger partial charge in [-0.05, 0) is 22.9 Å². The third-order valence-corrected chi connectivity index (χ3v) is 1.49. The molecule has 4 heteroatoms. The molecule has 0 unspecified atom stereocenters. The Hall–Kier alpha value is -0.770. The first-order valence-electron chi connectivity index (χ1n) is 3.15. The highest BCUT2D eigenvalue weighted by Crippen LogP contribution is 2.14. The number of rotatable bonds is 2. The van der Waals surface area contributed by atoms with E-state index in [1.807, 2.05) is 0 Å². The van der Waals surface area contributed by atoms with E-state index in [9.17, 15) is 4.79 Å². The fourth-order valence-corrected chi connectivity index (χ4v) is 0.972. The average Bonchev–Trinajstić information content (AvgIpc) is 2.36. The summed E-state index contributed by atoms with van der Waals surface area (Å²) in [5.74, 6) is -0.359. The highest BCUT2D eigenvalue weighted by molar-refractivity contribution is 9.10. The monoisotopic (exact) mass is 218 g/mol. The molecule has 3 nitrogen and oxygen atoms in total. The lowest BCUT2D eigenvalue weighted by Gasteiger charge is -1.95. The standard InChI is InChI=1S/C7H7BrO3/c1-2-10-7(9)5-3-6(8)11-4-5/h3-4H,2H2,1H3. The molecule has 11 heavy (non-hydrogen) atoms. The summed E-state index contributed by atoms with van der Waals surface area (Å²) in [6, 6.07) is 1.57. The van der Waals surface area contributed by atoms with Crippen LogP contribution in [-0.4, -0.2) is 12.6 Å². The molecule has 1 rings (SSSR count). The lowest BCUT2D eigenvalue weighted by atomic mass is 10.3. The summed E-state index contributed by atoms with van der Waals surface area (Å²) >= 11 is 3.08. The summed E-state index contributed by atoms with van der Waals surface area (Å²) in [7, 11) is 0. The van der Waals surface area contributed by atoms with Gasteiger partial charge in [-0.3, -0.25) is 0 Å². The predicted octanol–water partition coefficient (Wildman–Crippen LogP) is 2.22. The topological polar surface area (TPSA) is 39.4 Å². The number of hydrogen-bond acceptors (Lipinski definition) is 3. The number of furan rings is 1. The zero-order chi connectivity index (χ0) is 8.27. The van der Waals surface area contributed by atoms with Gasteiger partial charge in [-0.2, -0.15) is 0 Å². The molecule has 0 amide bonds.